The van der Waals surface area contributed by atoms with Crippen molar-refractivity contribution in [1.82, 2.24) is 0 Å². The number of hydrogen-bond donors (Lipinski definition) is 0. The summed E-state index contributed by atoms with van der Waals surface area (Å²) in [5.74, 6) is -0.873. The molecule has 8 heteroatoms. The fourth-order valence-corrected chi connectivity index (χ4v) is 2.50. The molecule has 0 spiro atoms. The molecule has 0 aliphatic carbocycles. The largest absolute Gasteiger partial charge is 1.00 e. The van der Waals surface area contributed by atoms with E-state index in [1.807, 2.05) is 0 Å². The molecule has 0 atom stereocenters. The van der Waals surface area contributed by atoms with Gasteiger partial charge in [-0.15, -0.1) is 0 Å². The minimum Gasteiger partial charge on any atom is -0.744 e. The second kappa shape index (κ2) is 11.9. The van der Waals surface area contributed by atoms with Crippen LogP contribution in [0.3, 0.4) is 0 Å². The summed E-state index contributed by atoms with van der Waals surface area (Å²) < 4.78 is 33.1. The van der Waals surface area contributed by atoms with Gasteiger partial charge in [-0.05, 0) is 18.6 Å². The van der Waals surface area contributed by atoms with Crippen LogP contribution >= 0.6 is 0 Å². The SMILES string of the molecule is CCCCCCCCC(=O)OOc1ccccc1S(=O)(=O)[O-].[Na+]. The van der Waals surface area contributed by atoms with E-state index in [4.69, 9.17) is 4.89 Å². The van der Waals surface area contributed by atoms with Crippen LogP contribution in [0.2, 0.25) is 0 Å². The minimum atomic E-state index is -4.68. The van der Waals surface area contributed by atoms with E-state index in [0.717, 1.165) is 31.7 Å². The van der Waals surface area contributed by atoms with Crippen LogP contribution in [0.15, 0.2) is 29.2 Å². The van der Waals surface area contributed by atoms with Crippen LogP contribution in [-0.2, 0) is 19.8 Å². The molecule has 23 heavy (non-hydrogen) atoms. The molecule has 0 N–H and O–H groups in total. The van der Waals surface area contributed by atoms with Gasteiger partial charge in [0.25, 0.3) is 0 Å². The van der Waals surface area contributed by atoms with Crippen molar-refractivity contribution in [3.8, 4) is 5.75 Å². The molecule has 1 aromatic carbocycles. The van der Waals surface area contributed by atoms with Gasteiger partial charge in [-0.3, -0.25) is 9.78 Å². The molecule has 0 radical (unpaired) electrons. The zero-order valence-corrected chi connectivity index (χ0v) is 16.4. The van der Waals surface area contributed by atoms with Gasteiger partial charge in [0.2, 0.25) is 0 Å². The van der Waals surface area contributed by atoms with Crippen LogP contribution in [0.5, 0.6) is 5.75 Å². The van der Waals surface area contributed by atoms with Crippen LogP contribution < -0.4 is 34.4 Å². The average molecular weight is 352 g/mol. The van der Waals surface area contributed by atoms with Gasteiger partial charge in [0.05, 0.1) is 6.42 Å². The van der Waals surface area contributed by atoms with Gasteiger partial charge in [-0.1, -0.05) is 51.2 Å². The molecule has 0 amide bonds. The predicted octanol–water partition coefficient (Wildman–Crippen LogP) is 0.182. The molecule has 0 saturated carbocycles. The van der Waals surface area contributed by atoms with E-state index in [-0.39, 0.29) is 41.7 Å². The smallest absolute Gasteiger partial charge is 0.744 e. The van der Waals surface area contributed by atoms with Gasteiger partial charge in [-0.25, -0.2) is 13.2 Å². The third kappa shape index (κ3) is 9.32. The Hall–Kier alpha value is -0.600. The molecule has 0 aromatic heterocycles. The van der Waals surface area contributed by atoms with Crippen LogP contribution in [0.1, 0.15) is 51.9 Å². The van der Waals surface area contributed by atoms with Crippen LogP contribution in [0, 0.1) is 0 Å². The quantitative estimate of drug-likeness (QED) is 0.196. The molecule has 1 aromatic rings. The maximum atomic E-state index is 11.5. The normalized spacial score (nSPS) is 10.7. The molecular formula is C15H21NaO6S. The fraction of sp³-hybridized carbons (Fsp3) is 0.533. The Bertz CT molecular complexity index is 573. The van der Waals surface area contributed by atoms with E-state index in [9.17, 15) is 17.8 Å². The summed E-state index contributed by atoms with van der Waals surface area (Å²) in [6.45, 7) is 2.13. The molecule has 0 aliphatic rings. The first-order valence-electron chi connectivity index (χ1n) is 7.37. The van der Waals surface area contributed by atoms with Crippen molar-refractivity contribution in [3.05, 3.63) is 24.3 Å². The van der Waals surface area contributed by atoms with Crippen molar-refractivity contribution in [2.45, 2.75) is 56.8 Å². The first-order chi connectivity index (χ1) is 10.4. The summed E-state index contributed by atoms with van der Waals surface area (Å²) in [6, 6.07) is 5.21. The maximum absolute atomic E-state index is 11.5. The van der Waals surface area contributed by atoms with E-state index in [1.165, 1.54) is 24.6 Å². The fourth-order valence-electron chi connectivity index (χ4n) is 1.91. The van der Waals surface area contributed by atoms with Crippen molar-refractivity contribution in [3.63, 3.8) is 0 Å². The molecule has 0 aliphatic heterocycles. The Morgan fingerprint density at radius 1 is 1.09 bits per heavy atom. The Morgan fingerprint density at radius 2 is 1.70 bits per heavy atom. The third-order valence-electron chi connectivity index (χ3n) is 3.08. The number of rotatable bonds is 10. The molecule has 0 fully saturated rings. The Balaban J connectivity index is 0.00000484. The van der Waals surface area contributed by atoms with Gasteiger partial charge in [0.1, 0.15) is 15.0 Å². The minimum absolute atomic E-state index is 0. The zero-order chi connectivity index (χ0) is 16.4. The molecule has 1 rings (SSSR count). The van der Waals surface area contributed by atoms with E-state index < -0.39 is 21.0 Å². The number of hydrogen-bond acceptors (Lipinski definition) is 6. The van der Waals surface area contributed by atoms with Gasteiger partial charge < -0.3 is 4.55 Å². The molecule has 124 valence electrons. The standard InChI is InChI=1S/C15H22O6S.Na/c1-2-3-4-5-6-7-12-15(16)21-20-13-10-8-9-11-14(13)22(17,18)19;/h8-11H,2-7,12H2,1H3,(H,17,18,19);/q;+1/p-1. The summed E-state index contributed by atoms with van der Waals surface area (Å²) in [5.41, 5.74) is 0. The van der Waals surface area contributed by atoms with Crippen LogP contribution in [-0.4, -0.2) is 18.9 Å². The molecule has 6 nitrogen and oxygen atoms in total. The van der Waals surface area contributed by atoms with Gasteiger partial charge in [0, 0.05) is 0 Å². The molecule has 0 saturated heterocycles. The number of carbonyl (C=O) groups is 1. The van der Waals surface area contributed by atoms with Crippen molar-refractivity contribution >= 4 is 16.1 Å². The Labute approximate surface area is 159 Å². The van der Waals surface area contributed by atoms with Gasteiger partial charge in [0.15, 0.2) is 5.75 Å². The van der Waals surface area contributed by atoms with E-state index in [1.54, 1.807) is 0 Å². The topological polar surface area (TPSA) is 92.7 Å². The molecule has 0 heterocycles. The molecular weight excluding hydrogens is 331 g/mol. The van der Waals surface area contributed by atoms with Crippen LogP contribution in [0.25, 0.3) is 0 Å². The summed E-state index contributed by atoms with van der Waals surface area (Å²) in [7, 11) is -4.68. The van der Waals surface area contributed by atoms with Crippen molar-refractivity contribution < 1.29 is 57.1 Å². The summed E-state index contributed by atoms with van der Waals surface area (Å²) in [5, 5.41) is 0. The van der Waals surface area contributed by atoms with Crippen molar-refractivity contribution in [1.29, 1.82) is 0 Å². The average Bonchev–Trinajstić information content (AvgIpc) is 2.48. The van der Waals surface area contributed by atoms with E-state index >= 15 is 0 Å². The zero-order valence-electron chi connectivity index (χ0n) is 13.6. The monoisotopic (exact) mass is 352 g/mol. The molecule has 0 bridgehead atoms. The second-order valence-electron chi connectivity index (χ2n) is 4.96. The van der Waals surface area contributed by atoms with Crippen molar-refractivity contribution in [2.75, 3.05) is 0 Å². The first kappa shape index (κ1) is 22.4. The van der Waals surface area contributed by atoms with E-state index in [0.29, 0.717) is 6.42 Å². The molecule has 0 unspecified atom stereocenters. The van der Waals surface area contributed by atoms with E-state index in [2.05, 4.69) is 11.8 Å². The summed E-state index contributed by atoms with van der Waals surface area (Å²) >= 11 is 0. The number of unbranched alkanes of at least 4 members (excludes halogenated alkanes) is 5. The summed E-state index contributed by atoms with van der Waals surface area (Å²) in [4.78, 5) is 20.2. The Kier molecular flexibility index (Phi) is 11.6. The summed E-state index contributed by atoms with van der Waals surface area (Å²) in [6.07, 6.45) is 6.38. The predicted molar refractivity (Wildman–Crippen MR) is 79.1 cm³/mol. The number of benzene rings is 1. The second-order valence-corrected chi connectivity index (χ2v) is 6.31. The van der Waals surface area contributed by atoms with Gasteiger partial charge in [-0.2, -0.15) is 0 Å². The van der Waals surface area contributed by atoms with Crippen molar-refractivity contribution in [2.24, 2.45) is 0 Å². The third-order valence-corrected chi connectivity index (χ3v) is 3.95. The number of para-hydroxylation sites is 1. The number of carbonyl (C=O) groups excluding carboxylic acids is 1. The van der Waals surface area contributed by atoms with Gasteiger partial charge >= 0.3 is 35.5 Å². The first-order valence-corrected chi connectivity index (χ1v) is 8.78. The van der Waals surface area contributed by atoms with Crippen LogP contribution in [0.4, 0.5) is 0 Å². The maximum Gasteiger partial charge on any atom is 1.00 e. The Morgan fingerprint density at radius 3 is 2.35 bits per heavy atom.